The molecule has 172 valence electrons. The average molecular weight is 443 g/mol. The Morgan fingerprint density at radius 2 is 1.66 bits per heavy atom. The van der Waals surface area contributed by atoms with Gasteiger partial charge in [0.25, 0.3) is 5.91 Å². The molecular formula is C24H29NO7. The van der Waals surface area contributed by atoms with Gasteiger partial charge < -0.3 is 29.4 Å². The summed E-state index contributed by atoms with van der Waals surface area (Å²) in [5.41, 5.74) is 1.06. The number of aliphatic hydroxyl groups is 1. The monoisotopic (exact) mass is 443 g/mol. The molecule has 0 aromatic heterocycles. The number of aryl methyl sites for hydroxylation is 1. The lowest BCUT2D eigenvalue weighted by molar-refractivity contribution is -0.137. The van der Waals surface area contributed by atoms with Crippen molar-refractivity contribution >= 4 is 5.91 Å². The molecule has 1 atom stereocenters. The topological polar surface area (TPSA) is 103 Å². The highest BCUT2D eigenvalue weighted by atomic mass is 16.5. The average Bonchev–Trinajstić information content (AvgIpc) is 3.00. The smallest absolute Gasteiger partial charge is 0.251 e. The molecule has 0 bridgehead atoms. The first-order valence-corrected chi connectivity index (χ1v) is 10.2. The van der Waals surface area contributed by atoms with Gasteiger partial charge in [-0.25, -0.2) is 0 Å². The Balaban J connectivity index is 2.35. The summed E-state index contributed by atoms with van der Waals surface area (Å²) in [6.07, 6.45) is 1.05. The zero-order valence-electron chi connectivity index (χ0n) is 19.2. The lowest BCUT2D eigenvalue weighted by Crippen LogP contribution is -2.43. The minimum atomic E-state index is -1.57. The molecule has 32 heavy (non-hydrogen) atoms. The van der Waals surface area contributed by atoms with Gasteiger partial charge in [0.2, 0.25) is 11.2 Å². The third-order valence-electron chi connectivity index (χ3n) is 5.58. The second kappa shape index (κ2) is 9.08. The van der Waals surface area contributed by atoms with E-state index in [1.54, 1.807) is 19.2 Å². The van der Waals surface area contributed by atoms with Crippen molar-refractivity contribution < 1.29 is 28.8 Å². The summed E-state index contributed by atoms with van der Waals surface area (Å²) in [6.45, 7) is 2.83. The van der Waals surface area contributed by atoms with Gasteiger partial charge in [-0.15, -0.1) is 0 Å². The van der Waals surface area contributed by atoms with Crippen molar-refractivity contribution in [3.05, 3.63) is 45.6 Å². The van der Waals surface area contributed by atoms with E-state index in [4.69, 9.17) is 18.9 Å². The van der Waals surface area contributed by atoms with Crippen LogP contribution in [0.4, 0.5) is 0 Å². The van der Waals surface area contributed by atoms with Gasteiger partial charge in [-0.3, -0.25) is 9.59 Å². The van der Waals surface area contributed by atoms with Gasteiger partial charge in [0.05, 0.1) is 34.5 Å². The Bertz CT molecular complexity index is 1090. The molecule has 0 radical (unpaired) electrons. The van der Waals surface area contributed by atoms with Crippen LogP contribution in [0, 0.1) is 0 Å². The Labute approximate surface area is 187 Å². The van der Waals surface area contributed by atoms with Crippen LogP contribution in [0.15, 0.2) is 29.1 Å². The van der Waals surface area contributed by atoms with Crippen molar-refractivity contribution in [2.24, 2.45) is 0 Å². The molecule has 0 saturated carbocycles. The third kappa shape index (κ3) is 4.23. The maximum absolute atomic E-state index is 12.8. The van der Waals surface area contributed by atoms with E-state index in [1.807, 2.05) is 6.07 Å². The van der Waals surface area contributed by atoms with Gasteiger partial charge in [-0.1, -0.05) is 6.07 Å². The lowest BCUT2D eigenvalue weighted by atomic mass is 9.95. The number of carbonyl (C=O) groups is 1. The molecule has 3 rings (SSSR count). The fraction of sp³-hybridized carbons (Fsp3) is 0.417. The van der Waals surface area contributed by atoms with Gasteiger partial charge in [0.1, 0.15) is 5.60 Å². The SMILES string of the molecule is COc1cc2c(c(OC)c1OC)-c1ccc(OC)c(=O)cc1[C@@H](NC(=O)C(C)(C)O)CC2. The number of hydrogen-bond donors (Lipinski definition) is 2. The number of amides is 1. The Morgan fingerprint density at radius 3 is 2.22 bits per heavy atom. The Morgan fingerprint density at radius 1 is 1.00 bits per heavy atom. The number of rotatable bonds is 6. The molecule has 2 aromatic rings. The highest BCUT2D eigenvalue weighted by Gasteiger charge is 2.32. The van der Waals surface area contributed by atoms with Crippen LogP contribution in [-0.2, 0) is 11.2 Å². The van der Waals surface area contributed by atoms with Crippen molar-refractivity contribution in [3.63, 3.8) is 0 Å². The summed E-state index contributed by atoms with van der Waals surface area (Å²) >= 11 is 0. The second-order valence-corrected chi connectivity index (χ2v) is 8.08. The first-order valence-electron chi connectivity index (χ1n) is 10.2. The predicted octanol–water partition coefficient (Wildman–Crippen LogP) is 2.62. The summed E-state index contributed by atoms with van der Waals surface area (Å²) in [4.78, 5) is 25.4. The van der Waals surface area contributed by atoms with Crippen LogP contribution < -0.4 is 29.7 Å². The first kappa shape index (κ1) is 23.4. The van der Waals surface area contributed by atoms with Gasteiger partial charge >= 0.3 is 0 Å². The fourth-order valence-corrected chi connectivity index (χ4v) is 3.95. The molecular weight excluding hydrogens is 414 g/mol. The van der Waals surface area contributed by atoms with E-state index >= 15 is 0 Å². The number of fused-ring (bicyclic) bond motifs is 3. The van der Waals surface area contributed by atoms with Crippen molar-refractivity contribution in [2.45, 2.75) is 38.3 Å². The van der Waals surface area contributed by atoms with Gasteiger partial charge in [-0.05, 0) is 61.6 Å². The van der Waals surface area contributed by atoms with Gasteiger partial charge in [-0.2, -0.15) is 0 Å². The largest absolute Gasteiger partial charge is 0.493 e. The van der Waals surface area contributed by atoms with Crippen LogP contribution in [0.1, 0.15) is 37.4 Å². The lowest BCUT2D eigenvalue weighted by Gasteiger charge is -2.23. The van der Waals surface area contributed by atoms with E-state index in [0.29, 0.717) is 41.2 Å². The molecule has 0 fully saturated rings. The molecule has 0 unspecified atom stereocenters. The number of carbonyl (C=O) groups excluding carboxylic acids is 1. The highest BCUT2D eigenvalue weighted by Crippen LogP contribution is 2.50. The van der Waals surface area contributed by atoms with E-state index < -0.39 is 17.6 Å². The van der Waals surface area contributed by atoms with Crippen LogP contribution in [0.25, 0.3) is 11.1 Å². The number of benzene rings is 1. The predicted molar refractivity (Wildman–Crippen MR) is 120 cm³/mol. The number of ether oxygens (including phenoxy) is 4. The maximum atomic E-state index is 12.8. The summed E-state index contributed by atoms with van der Waals surface area (Å²) in [5, 5.41) is 13.1. The third-order valence-corrected chi connectivity index (χ3v) is 5.58. The molecule has 8 nitrogen and oxygen atoms in total. The minimum absolute atomic E-state index is 0.173. The van der Waals surface area contributed by atoms with Crippen LogP contribution in [0.3, 0.4) is 0 Å². The van der Waals surface area contributed by atoms with Crippen LogP contribution in [0.2, 0.25) is 0 Å². The van der Waals surface area contributed by atoms with E-state index in [0.717, 1.165) is 11.1 Å². The van der Waals surface area contributed by atoms with Crippen LogP contribution in [0.5, 0.6) is 23.0 Å². The zero-order chi connectivity index (χ0) is 23.6. The molecule has 1 aliphatic rings. The Hall–Kier alpha value is -3.26. The van der Waals surface area contributed by atoms with Crippen molar-refractivity contribution in [3.8, 4) is 34.1 Å². The molecule has 0 heterocycles. The first-order chi connectivity index (χ1) is 15.2. The minimum Gasteiger partial charge on any atom is -0.493 e. The summed E-state index contributed by atoms with van der Waals surface area (Å²) < 4.78 is 22.0. The fourth-order valence-electron chi connectivity index (χ4n) is 3.95. The van der Waals surface area contributed by atoms with Gasteiger partial charge in [0.15, 0.2) is 17.2 Å². The molecule has 2 aromatic carbocycles. The molecule has 2 N–H and O–H groups in total. The van der Waals surface area contributed by atoms with Crippen LogP contribution in [-0.4, -0.2) is 45.1 Å². The second-order valence-electron chi connectivity index (χ2n) is 8.08. The van der Waals surface area contributed by atoms with Crippen LogP contribution >= 0.6 is 0 Å². The molecule has 0 spiro atoms. The van der Waals surface area contributed by atoms with Crippen molar-refractivity contribution in [2.75, 3.05) is 28.4 Å². The highest BCUT2D eigenvalue weighted by molar-refractivity contribution is 5.86. The molecule has 1 amide bonds. The summed E-state index contributed by atoms with van der Waals surface area (Å²) in [7, 11) is 6.05. The summed E-state index contributed by atoms with van der Waals surface area (Å²) in [6, 6.07) is 6.19. The molecule has 0 aliphatic heterocycles. The summed E-state index contributed by atoms with van der Waals surface area (Å²) in [5.74, 6) is 1.06. The number of hydrogen-bond acceptors (Lipinski definition) is 7. The van der Waals surface area contributed by atoms with Gasteiger partial charge in [0, 0.05) is 5.56 Å². The number of nitrogens with one attached hydrogen (secondary N) is 1. The Kier molecular flexibility index (Phi) is 6.64. The standard InChI is InChI=1S/C24H29NO7/c1-24(2,28)23(27)25-16-9-7-13-11-19(30-4)21(31-5)22(32-6)20(13)14-8-10-18(29-3)17(26)12-15(14)16/h8,10-12,16,28H,7,9H2,1-6H3,(H,25,27)/t16-/m0/s1. The normalized spacial score (nSPS) is 15.0. The van der Waals surface area contributed by atoms with E-state index in [-0.39, 0.29) is 11.2 Å². The molecule has 0 saturated heterocycles. The molecule has 8 heteroatoms. The van der Waals surface area contributed by atoms with Crippen molar-refractivity contribution in [1.82, 2.24) is 5.32 Å². The maximum Gasteiger partial charge on any atom is 0.251 e. The quantitative estimate of drug-likeness (QED) is 0.707. The number of methoxy groups -OCH3 is 4. The van der Waals surface area contributed by atoms with Crippen molar-refractivity contribution in [1.29, 1.82) is 0 Å². The zero-order valence-corrected chi connectivity index (χ0v) is 19.2. The molecule has 1 aliphatic carbocycles. The van der Waals surface area contributed by atoms with E-state index in [9.17, 15) is 14.7 Å². The van der Waals surface area contributed by atoms with E-state index in [2.05, 4.69) is 5.32 Å². The van der Waals surface area contributed by atoms with E-state index in [1.165, 1.54) is 41.2 Å².